The Bertz CT molecular complexity index is 458. The highest BCUT2D eigenvalue weighted by atomic mass is 16.5. The van der Waals surface area contributed by atoms with E-state index in [2.05, 4.69) is 24.1 Å². The van der Waals surface area contributed by atoms with Gasteiger partial charge < -0.3 is 10.3 Å². The van der Waals surface area contributed by atoms with Crippen LogP contribution in [0.3, 0.4) is 0 Å². The van der Waals surface area contributed by atoms with Crippen molar-refractivity contribution in [2.75, 3.05) is 6.54 Å². The molecule has 0 aliphatic heterocycles. The molecule has 0 atom stereocenters. The van der Waals surface area contributed by atoms with Crippen molar-refractivity contribution in [3.63, 3.8) is 0 Å². The fourth-order valence-corrected chi connectivity index (χ4v) is 1.46. The van der Waals surface area contributed by atoms with Crippen LogP contribution in [0.2, 0.25) is 0 Å². The Balaban J connectivity index is 2.21. The second-order valence-electron chi connectivity index (χ2n) is 4.02. The summed E-state index contributed by atoms with van der Waals surface area (Å²) in [6, 6.07) is 2.26. The van der Waals surface area contributed by atoms with Crippen molar-refractivity contribution in [1.29, 1.82) is 0 Å². The molecule has 0 aliphatic carbocycles. The molecule has 5 nitrogen and oxygen atoms in total. The minimum absolute atomic E-state index is 0.351. The van der Waals surface area contributed by atoms with E-state index in [0.29, 0.717) is 19.0 Å². The smallest absolute Gasteiger partial charge is 0.138 e. The monoisotopic (exact) mass is 220 g/mol. The quantitative estimate of drug-likeness (QED) is 0.850. The molecule has 86 valence electrons. The van der Waals surface area contributed by atoms with Gasteiger partial charge in [-0.1, -0.05) is 5.16 Å². The summed E-state index contributed by atoms with van der Waals surface area (Å²) in [5.74, 6) is 0.815. The van der Waals surface area contributed by atoms with Gasteiger partial charge in [0.05, 0.1) is 6.20 Å². The van der Waals surface area contributed by atoms with Gasteiger partial charge in [-0.05, 0) is 20.4 Å². The van der Waals surface area contributed by atoms with Gasteiger partial charge in [0.1, 0.15) is 11.5 Å². The summed E-state index contributed by atoms with van der Waals surface area (Å²) in [6.45, 7) is 4.73. The third kappa shape index (κ3) is 2.14. The fourth-order valence-electron chi connectivity index (χ4n) is 1.46. The van der Waals surface area contributed by atoms with Gasteiger partial charge >= 0.3 is 0 Å². The number of aromatic nitrogens is 3. The molecule has 5 heteroatoms. The first-order valence-electron chi connectivity index (χ1n) is 5.41. The summed E-state index contributed by atoms with van der Waals surface area (Å²) in [7, 11) is 0. The van der Waals surface area contributed by atoms with Crippen molar-refractivity contribution in [2.24, 2.45) is 5.73 Å². The predicted octanol–water partition coefficient (Wildman–Crippen LogP) is 1.62. The van der Waals surface area contributed by atoms with E-state index in [9.17, 15) is 0 Å². The molecule has 2 aromatic rings. The number of nitrogens with two attached hydrogens (primary N) is 1. The highest BCUT2D eigenvalue weighted by Gasteiger charge is 2.09. The zero-order chi connectivity index (χ0) is 11.5. The van der Waals surface area contributed by atoms with Crippen LogP contribution < -0.4 is 5.73 Å². The maximum absolute atomic E-state index is 5.45. The largest absolute Gasteiger partial charge is 0.361 e. The third-order valence-electron chi connectivity index (χ3n) is 2.38. The molecule has 0 unspecified atom stereocenters. The van der Waals surface area contributed by atoms with E-state index in [1.54, 1.807) is 6.20 Å². The molecule has 0 spiro atoms. The van der Waals surface area contributed by atoms with Crippen molar-refractivity contribution in [3.8, 4) is 11.3 Å². The van der Waals surface area contributed by atoms with Crippen molar-refractivity contribution in [2.45, 2.75) is 26.3 Å². The molecule has 2 aromatic heterocycles. The van der Waals surface area contributed by atoms with E-state index in [-0.39, 0.29) is 0 Å². The van der Waals surface area contributed by atoms with E-state index in [0.717, 1.165) is 17.0 Å². The van der Waals surface area contributed by atoms with Crippen molar-refractivity contribution in [1.82, 2.24) is 14.9 Å². The lowest BCUT2D eigenvalue weighted by atomic mass is 10.2. The van der Waals surface area contributed by atoms with Crippen LogP contribution >= 0.6 is 0 Å². The topological polar surface area (TPSA) is 69.9 Å². The highest BCUT2D eigenvalue weighted by molar-refractivity contribution is 5.56. The van der Waals surface area contributed by atoms with Gasteiger partial charge in [0.15, 0.2) is 0 Å². The number of hydrogen-bond donors (Lipinski definition) is 1. The molecule has 0 bridgehead atoms. The molecule has 0 saturated carbocycles. The van der Waals surface area contributed by atoms with Crippen molar-refractivity contribution < 1.29 is 4.52 Å². The van der Waals surface area contributed by atoms with E-state index in [1.165, 1.54) is 0 Å². The van der Waals surface area contributed by atoms with Crippen LogP contribution in [0.5, 0.6) is 0 Å². The molecule has 2 heterocycles. The van der Waals surface area contributed by atoms with Crippen LogP contribution in [0.4, 0.5) is 0 Å². The first kappa shape index (κ1) is 10.9. The molecule has 16 heavy (non-hydrogen) atoms. The van der Waals surface area contributed by atoms with Gasteiger partial charge in [-0.3, -0.25) is 4.68 Å². The van der Waals surface area contributed by atoms with Gasteiger partial charge in [0.25, 0.3) is 0 Å². The SMILES string of the molecule is CC(C)n1cc(-c2cc(CCN)on2)cn1. The first-order chi connectivity index (χ1) is 7.70. The normalized spacial score (nSPS) is 11.2. The van der Waals surface area contributed by atoms with E-state index in [1.807, 2.05) is 16.9 Å². The molecule has 2 rings (SSSR count). The van der Waals surface area contributed by atoms with Gasteiger partial charge in [0, 0.05) is 30.3 Å². The van der Waals surface area contributed by atoms with Crippen LogP contribution in [-0.4, -0.2) is 21.5 Å². The molecule has 0 fully saturated rings. The van der Waals surface area contributed by atoms with Gasteiger partial charge in [-0.25, -0.2) is 0 Å². The van der Waals surface area contributed by atoms with Crippen molar-refractivity contribution >= 4 is 0 Å². The Kier molecular flexibility index (Phi) is 3.05. The Morgan fingerprint density at radius 2 is 2.31 bits per heavy atom. The standard InChI is InChI=1S/C11H16N4O/c1-8(2)15-7-9(6-13-15)11-5-10(3-4-12)16-14-11/h5-8H,3-4,12H2,1-2H3. The molecule has 0 amide bonds. The van der Waals surface area contributed by atoms with Crippen molar-refractivity contribution in [3.05, 3.63) is 24.2 Å². The summed E-state index contributed by atoms with van der Waals surface area (Å²) in [5, 5.41) is 8.25. The minimum Gasteiger partial charge on any atom is -0.361 e. The summed E-state index contributed by atoms with van der Waals surface area (Å²) in [4.78, 5) is 0. The molecular formula is C11H16N4O. The Hall–Kier alpha value is -1.62. The molecular weight excluding hydrogens is 204 g/mol. The predicted molar refractivity (Wildman–Crippen MR) is 60.9 cm³/mol. The van der Waals surface area contributed by atoms with E-state index >= 15 is 0 Å². The maximum atomic E-state index is 5.45. The van der Waals surface area contributed by atoms with Crippen LogP contribution in [0.15, 0.2) is 23.0 Å². The molecule has 0 saturated heterocycles. The molecule has 0 radical (unpaired) electrons. The van der Waals surface area contributed by atoms with Crippen LogP contribution in [0.1, 0.15) is 25.6 Å². The van der Waals surface area contributed by atoms with Gasteiger partial charge in [-0.2, -0.15) is 5.10 Å². The summed E-state index contributed by atoms with van der Waals surface area (Å²) < 4.78 is 7.06. The average Bonchev–Trinajstić information content (AvgIpc) is 2.84. The summed E-state index contributed by atoms with van der Waals surface area (Å²) in [6.07, 6.45) is 4.48. The number of rotatable bonds is 4. The summed E-state index contributed by atoms with van der Waals surface area (Å²) in [5.41, 5.74) is 7.24. The second-order valence-corrected chi connectivity index (χ2v) is 4.02. The van der Waals surface area contributed by atoms with Crippen LogP contribution in [0, 0.1) is 0 Å². The van der Waals surface area contributed by atoms with E-state index < -0.39 is 0 Å². The first-order valence-corrected chi connectivity index (χ1v) is 5.41. The zero-order valence-corrected chi connectivity index (χ0v) is 9.55. The van der Waals surface area contributed by atoms with Crippen LogP contribution in [0.25, 0.3) is 11.3 Å². The maximum Gasteiger partial charge on any atom is 0.138 e. The lowest BCUT2D eigenvalue weighted by Crippen LogP contribution is -2.01. The second kappa shape index (κ2) is 4.49. The number of nitrogens with zero attached hydrogens (tertiary/aromatic N) is 3. The molecule has 0 aliphatic rings. The lowest BCUT2D eigenvalue weighted by Gasteiger charge is -2.02. The van der Waals surface area contributed by atoms with Gasteiger partial charge in [-0.15, -0.1) is 0 Å². The van der Waals surface area contributed by atoms with E-state index in [4.69, 9.17) is 10.3 Å². The molecule has 2 N–H and O–H groups in total. The zero-order valence-electron chi connectivity index (χ0n) is 9.55. The Morgan fingerprint density at radius 3 is 2.94 bits per heavy atom. The average molecular weight is 220 g/mol. The third-order valence-corrected chi connectivity index (χ3v) is 2.38. The minimum atomic E-state index is 0.351. The molecule has 0 aromatic carbocycles. The Labute approximate surface area is 94.2 Å². The fraction of sp³-hybridized carbons (Fsp3) is 0.455. The van der Waals surface area contributed by atoms with Gasteiger partial charge in [0.2, 0.25) is 0 Å². The highest BCUT2D eigenvalue weighted by Crippen LogP contribution is 2.19. The number of hydrogen-bond acceptors (Lipinski definition) is 4. The lowest BCUT2D eigenvalue weighted by molar-refractivity contribution is 0.386. The Morgan fingerprint density at radius 1 is 1.50 bits per heavy atom. The summed E-state index contributed by atoms with van der Waals surface area (Å²) >= 11 is 0. The van der Waals surface area contributed by atoms with Crippen LogP contribution in [-0.2, 0) is 6.42 Å².